The second-order valence-corrected chi connectivity index (χ2v) is 9.00. The number of hydrogen-bond donors (Lipinski definition) is 0. The SMILES string of the molecule is C=CC[C@@H]1COc2cc(O[C@@H]3CCc4c3ccc(C(F)(F)F)c4-c3ccccc3)ccc21.CCC. The van der Waals surface area contributed by atoms with Crippen molar-refractivity contribution in [1.82, 2.24) is 0 Å². The Hall–Kier alpha value is -3.21. The Morgan fingerprint density at radius 2 is 1.74 bits per heavy atom. The molecule has 0 spiro atoms. The molecule has 5 heteroatoms. The van der Waals surface area contributed by atoms with E-state index in [1.54, 1.807) is 36.4 Å². The van der Waals surface area contributed by atoms with Crippen molar-refractivity contribution in [2.45, 2.75) is 57.7 Å². The molecule has 0 bridgehead atoms. The molecule has 0 fully saturated rings. The summed E-state index contributed by atoms with van der Waals surface area (Å²) in [6, 6.07) is 17.4. The third-order valence-corrected chi connectivity index (χ3v) is 6.31. The Morgan fingerprint density at radius 3 is 2.43 bits per heavy atom. The lowest BCUT2D eigenvalue weighted by atomic mass is 9.91. The second-order valence-electron chi connectivity index (χ2n) is 9.00. The zero-order chi connectivity index (χ0) is 25.0. The van der Waals surface area contributed by atoms with E-state index in [1.165, 1.54) is 12.5 Å². The van der Waals surface area contributed by atoms with E-state index in [2.05, 4.69) is 20.4 Å². The Bertz CT molecular complexity index is 1170. The van der Waals surface area contributed by atoms with Crippen LogP contribution >= 0.6 is 0 Å². The monoisotopic (exact) mass is 480 g/mol. The van der Waals surface area contributed by atoms with Crippen molar-refractivity contribution in [3.8, 4) is 22.6 Å². The molecule has 0 unspecified atom stereocenters. The molecule has 2 nitrogen and oxygen atoms in total. The van der Waals surface area contributed by atoms with Gasteiger partial charge in [0.15, 0.2) is 0 Å². The van der Waals surface area contributed by atoms with Crippen molar-refractivity contribution in [2.75, 3.05) is 6.61 Å². The topological polar surface area (TPSA) is 18.5 Å². The van der Waals surface area contributed by atoms with E-state index in [9.17, 15) is 13.2 Å². The van der Waals surface area contributed by atoms with Crippen LogP contribution in [0.4, 0.5) is 13.2 Å². The van der Waals surface area contributed by atoms with Gasteiger partial charge in [-0.2, -0.15) is 13.2 Å². The summed E-state index contributed by atoms with van der Waals surface area (Å²) in [6.45, 7) is 8.68. The minimum Gasteiger partial charge on any atom is -0.493 e. The first-order chi connectivity index (χ1) is 16.9. The molecule has 184 valence electrons. The summed E-state index contributed by atoms with van der Waals surface area (Å²) in [5.74, 6) is 1.78. The highest BCUT2D eigenvalue weighted by Crippen LogP contribution is 2.47. The molecule has 0 aromatic heterocycles. The van der Waals surface area contributed by atoms with E-state index in [0.717, 1.165) is 28.9 Å². The van der Waals surface area contributed by atoms with Crippen LogP contribution in [-0.4, -0.2) is 6.61 Å². The maximum atomic E-state index is 13.8. The van der Waals surface area contributed by atoms with Crippen LogP contribution in [0.25, 0.3) is 11.1 Å². The highest BCUT2D eigenvalue weighted by molar-refractivity contribution is 5.74. The number of ether oxygens (including phenoxy) is 2. The number of rotatable bonds is 5. The molecule has 2 atom stereocenters. The van der Waals surface area contributed by atoms with Gasteiger partial charge in [-0.25, -0.2) is 0 Å². The summed E-state index contributed by atoms with van der Waals surface area (Å²) in [5, 5.41) is 0. The van der Waals surface area contributed by atoms with Gasteiger partial charge in [0.05, 0.1) is 12.2 Å². The molecular weight excluding hydrogens is 449 g/mol. The van der Waals surface area contributed by atoms with Gasteiger partial charge in [0.1, 0.15) is 17.6 Å². The summed E-state index contributed by atoms with van der Waals surface area (Å²) < 4.78 is 53.5. The van der Waals surface area contributed by atoms with Crippen LogP contribution in [-0.2, 0) is 12.6 Å². The first-order valence-corrected chi connectivity index (χ1v) is 12.2. The van der Waals surface area contributed by atoms with Gasteiger partial charge < -0.3 is 9.47 Å². The number of benzene rings is 3. The fraction of sp³-hybridized carbons (Fsp3) is 0.333. The van der Waals surface area contributed by atoms with Crippen molar-refractivity contribution in [2.24, 2.45) is 0 Å². The molecule has 0 radical (unpaired) electrons. The minimum atomic E-state index is -4.42. The first-order valence-electron chi connectivity index (χ1n) is 12.2. The summed E-state index contributed by atoms with van der Waals surface area (Å²) in [5.41, 5.74) is 2.94. The lowest BCUT2D eigenvalue weighted by molar-refractivity contribution is -0.137. The molecule has 35 heavy (non-hydrogen) atoms. The minimum absolute atomic E-state index is 0.270. The van der Waals surface area contributed by atoms with Gasteiger partial charge in [0.25, 0.3) is 0 Å². The van der Waals surface area contributed by atoms with Crippen LogP contribution in [0.15, 0.2) is 73.3 Å². The number of allylic oxidation sites excluding steroid dienone is 1. The van der Waals surface area contributed by atoms with Crippen LogP contribution in [0.3, 0.4) is 0 Å². The zero-order valence-electron chi connectivity index (χ0n) is 20.2. The largest absolute Gasteiger partial charge is 0.493 e. The van der Waals surface area contributed by atoms with Crippen molar-refractivity contribution >= 4 is 0 Å². The molecule has 0 saturated carbocycles. The fourth-order valence-corrected chi connectivity index (χ4v) is 4.85. The van der Waals surface area contributed by atoms with E-state index in [1.807, 2.05) is 24.3 Å². The summed E-state index contributed by atoms with van der Waals surface area (Å²) in [6.07, 6.45) is 0.455. The average Bonchev–Trinajstić information content (AvgIpc) is 3.43. The molecule has 1 heterocycles. The molecule has 1 aliphatic carbocycles. The number of hydrogen-bond acceptors (Lipinski definition) is 2. The number of halogens is 3. The highest BCUT2D eigenvalue weighted by Gasteiger charge is 2.38. The molecular formula is C30H31F3O2. The Morgan fingerprint density at radius 1 is 1.03 bits per heavy atom. The molecule has 1 aliphatic heterocycles. The second kappa shape index (κ2) is 10.6. The van der Waals surface area contributed by atoms with Gasteiger partial charge in [-0.3, -0.25) is 0 Å². The van der Waals surface area contributed by atoms with Crippen LogP contribution in [0, 0.1) is 0 Å². The lowest BCUT2D eigenvalue weighted by Crippen LogP contribution is -2.10. The van der Waals surface area contributed by atoms with Crippen LogP contribution in [0.5, 0.6) is 11.5 Å². The molecule has 3 aromatic rings. The molecule has 0 saturated heterocycles. The Kier molecular flexibility index (Phi) is 7.54. The standard InChI is InChI=1S/C27H23F3O2.C3H8/c1-2-6-18-16-31-25-15-19(9-10-20(18)25)32-24-14-12-22-21(24)11-13-23(27(28,29)30)26(22)17-7-4-3-5-8-17;1-3-2/h2-5,7-11,13,15,18,24H,1,6,12,14,16H2;3H2,1-2H3/t18-,24-;/m1./s1. The van der Waals surface area contributed by atoms with Gasteiger partial charge in [-0.1, -0.05) is 68.8 Å². The Labute approximate surface area is 205 Å². The maximum absolute atomic E-state index is 13.8. The summed E-state index contributed by atoms with van der Waals surface area (Å²) in [7, 11) is 0. The normalized spacial score (nSPS) is 18.1. The average molecular weight is 481 g/mol. The van der Waals surface area contributed by atoms with Gasteiger partial charge >= 0.3 is 6.18 Å². The molecule has 2 aliphatic rings. The smallest absolute Gasteiger partial charge is 0.417 e. The number of alkyl halides is 3. The van der Waals surface area contributed by atoms with Crippen molar-refractivity contribution in [3.63, 3.8) is 0 Å². The third-order valence-electron chi connectivity index (χ3n) is 6.31. The van der Waals surface area contributed by atoms with E-state index >= 15 is 0 Å². The molecule has 5 rings (SSSR count). The van der Waals surface area contributed by atoms with Crippen LogP contribution < -0.4 is 9.47 Å². The van der Waals surface area contributed by atoms with Crippen molar-refractivity contribution in [3.05, 3.63) is 95.6 Å². The number of fused-ring (bicyclic) bond motifs is 2. The van der Waals surface area contributed by atoms with Crippen LogP contribution in [0.1, 0.15) is 67.4 Å². The predicted molar refractivity (Wildman–Crippen MR) is 134 cm³/mol. The van der Waals surface area contributed by atoms with E-state index in [4.69, 9.17) is 9.47 Å². The van der Waals surface area contributed by atoms with Crippen LogP contribution in [0.2, 0.25) is 0 Å². The van der Waals surface area contributed by atoms with E-state index in [0.29, 0.717) is 36.7 Å². The van der Waals surface area contributed by atoms with Gasteiger partial charge in [-0.05, 0) is 53.6 Å². The first kappa shape index (κ1) is 24.9. The van der Waals surface area contributed by atoms with E-state index < -0.39 is 11.7 Å². The predicted octanol–water partition coefficient (Wildman–Crippen LogP) is 8.91. The fourth-order valence-electron chi connectivity index (χ4n) is 4.85. The third kappa shape index (κ3) is 5.24. The summed E-state index contributed by atoms with van der Waals surface area (Å²) >= 11 is 0. The lowest BCUT2D eigenvalue weighted by Gasteiger charge is -2.19. The highest BCUT2D eigenvalue weighted by atomic mass is 19.4. The van der Waals surface area contributed by atoms with Crippen molar-refractivity contribution in [1.29, 1.82) is 0 Å². The molecule has 0 N–H and O–H groups in total. The van der Waals surface area contributed by atoms with E-state index in [-0.39, 0.29) is 11.7 Å². The molecule has 0 amide bonds. The maximum Gasteiger partial charge on any atom is 0.417 e. The van der Waals surface area contributed by atoms with Crippen molar-refractivity contribution < 1.29 is 22.6 Å². The van der Waals surface area contributed by atoms with Gasteiger partial charge in [0, 0.05) is 17.5 Å². The van der Waals surface area contributed by atoms with Gasteiger partial charge in [0.2, 0.25) is 0 Å². The Balaban J connectivity index is 0.000000917. The zero-order valence-corrected chi connectivity index (χ0v) is 20.2. The summed E-state index contributed by atoms with van der Waals surface area (Å²) in [4.78, 5) is 0. The quantitative estimate of drug-likeness (QED) is 0.340. The van der Waals surface area contributed by atoms with Gasteiger partial charge in [-0.15, -0.1) is 6.58 Å². The molecule has 3 aromatic carbocycles.